The van der Waals surface area contributed by atoms with Crippen molar-refractivity contribution in [1.29, 1.82) is 0 Å². The van der Waals surface area contributed by atoms with Crippen molar-refractivity contribution in [2.24, 2.45) is 5.73 Å². The van der Waals surface area contributed by atoms with Crippen LogP contribution in [0.1, 0.15) is 26.9 Å². The first-order chi connectivity index (χ1) is 16.7. The van der Waals surface area contributed by atoms with Crippen LogP contribution in [0.5, 0.6) is 0 Å². The highest BCUT2D eigenvalue weighted by Crippen LogP contribution is 2.48. The largest absolute Gasteiger partial charge is 0.447 e. The van der Waals surface area contributed by atoms with Crippen molar-refractivity contribution in [3.8, 4) is 0 Å². The Kier molecular flexibility index (Phi) is 6.96. The molecule has 0 saturated carbocycles. The number of alkyl halides is 3. The van der Waals surface area contributed by atoms with Crippen LogP contribution in [0.15, 0.2) is 77.7 Å². The molecule has 0 spiro atoms. The van der Waals surface area contributed by atoms with E-state index < -0.39 is 41.5 Å². The number of rotatable bonds is 6. The number of ether oxygens (including phenoxy) is 2. The van der Waals surface area contributed by atoms with Gasteiger partial charge in [0.05, 0.1) is 5.56 Å². The average Bonchev–Trinajstić information content (AvgIpc) is 3.06. The maximum absolute atomic E-state index is 15.5. The van der Waals surface area contributed by atoms with Crippen molar-refractivity contribution in [2.45, 2.75) is 24.0 Å². The number of carbonyl (C=O) groups is 2. The van der Waals surface area contributed by atoms with Gasteiger partial charge in [0.1, 0.15) is 5.82 Å². The summed E-state index contributed by atoms with van der Waals surface area (Å²) in [5.74, 6) is -5.56. The minimum Gasteiger partial charge on any atom is -0.447 e. The molecule has 12 heteroatoms. The molecular weight excluding hydrogens is 577 g/mol. The molecule has 3 atom stereocenters. The predicted octanol–water partition coefficient (Wildman–Crippen LogP) is 2.98. The normalized spacial score (nSPS) is 23.0. The van der Waals surface area contributed by atoms with Gasteiger partial charge in [-0.15, -0.1) is 0 Å². The van der Waals surface area contributed by atoms with Crippen LogP contribution in [0.25, 0.3) is 0 Å². The number of nitrogens with two attached hydrogens (primary N) is 1. The molecular formula is C23H19F2IN4O5. The van der Waals surface area contributed by atoms with Crippen LogP contribution < -0.4 is 16.7 Å². The second-order valence-corrected chi connectivity index (χ2v) is 8.47. The second kappa shape index (κ2) is 9.79. The predicted molar refractivity (Wildman–Crippen MR) is 129 cm³/mol. The van der Waals surface area contributed by atoms with Crippen LogP contribution in [-0.2, 0) is 9.47 Å². The number of nitrogens with one attached hydrogen (secondary N) is 1. The number of halogens is 3. The van der Waals surface area contributed by atoms with E-state index in [1.54, 1.807) is 71.1 Å². The highest BCUT2D eigenvalue weighted by molar-refractivity contribution is 14.1. The van der Waals surface area contributed by atoms with E-state index in [1.807, 2.05) is 0 Å². The number of aromatic nitrogens is 2. The van der Waals surface area contributed by atoms with E-state index >= 15 is 8.78 Å². The van der Waals surface area contributed by atoms with Gasteiger partial charge in [0.2, 0.25) is 12.3 Å². The number of nitrogens with zero attached hydrogens (tertiary/aromatic N) is 2. The van der Waals surface area contributed by atoms with E-state index in [9.17, 15) is 14.4 Å². The summed E-state index contributed by atoms with van der Waals surface area (Å²) in [6.07, 6.45) is -3.38. The first kappa shape index (κ1) is 24.9. The third-order valence-corrected chi connectivity index (χ3v) is 6.45. The van der Waals surface area contributed by atoms with Gasteiger partial charge < -0.3 is 14.8 Å². The fraction of sp³-hybridized carbons (Fsp3) is 0.217. The summed E-state index contributed by atoms with van der Waals surface area (Å²) in [5.41, 5.74) is 3.24. The van der Waals surface area contributed by atoms with E-state index in [-0.39, 0.29) is 15.8 Å². The third-order valence-electron chi connectivity index (χ3n) is 5.26. The first-order valence-electron chi connectivity index (χ1n) is 10.3. The maximum Gasteiger partial charge on any atom is 0.351 e. The van der Waals surface area contributed by atoms with Crippen LogP contribution in [0.3, 0.4) is 0 Å². The zero-order chi connectivity index (χ0) is 25.2. The van der Waals surface area contributed by atoms with Gasteiger partial charge in [0.25, 0.3) is 5.91 Å². The van der Waals surface area contributed by atoms with Gasteiger partial charge in [0, 0.05) is 16.2 Å². The molecule has 0 unspecified atom stereocenters. The van der Waals surface area contributed by atoms with Gasteiger partial charge in [-0.25, -0.2) is 9.59 Å². The Hall–Kier alpha value is -3.23. The minimum atomic E-state index is -3.88. The molecule has 3 aromatic rings. The molecule has 4 rings (SSSR count). The van der Waals surface area contributed by atoms with E-state index in [0.717, 1.165) is 6.20 Å². The monoisotopic (exact) mass is 596 g/mol. The Balaban J connectivity index is 1.59. The Labute approximate surface area is 211 Å². The van der Waals surface area contributed by atoms with E-state index in [2.05, 4.69) is 10.3 Å². The van der Waals surface area contributed by atoms with Crippen LogP contribution in [-0.4, -0.2) is 43.6 Å². The van der Waals surface area contributed by atoms with E-state index in [4.69, 9.17) is 15.2 Å². The quantitative estimate of drug-likeness (QED) is 0.255. The molecule has 1 aliphatic rings. The molecule has 35 heavy (non-hydrogen) atoms. The number of carbonyl (C=O) groups excluding carboxylic acids is 2. The standard InChI is InChI=1S/C23H19F2IN4O5/c24-23(25)19(34-18(32)15-9-5-2-6-10-15)22(27,13-26)35-20(23)30-12-11-16(29-21(30)33)28-17(31)14-7-3-1-4-8-14/h1-12,19-20H,13,27H2,(H,28,29,31,33)/t19-,20-,22-/m1/s1. The van der Waals surface area contributed by atoms with Crippen molar-refractivity contribution in [3.63, 3.8) is 0 Å². The lowest BCUT2D eigenvalue weighted by Gasteiger charge is -2.28. The average molecular weight is 596 g/mol. The van der Waals surface area contributed by atoms with Gasteiger partial charge in [-0.05, 0) is 30.3 Å². The summed E-state index contributed by atoms with van der Waals surface area (Å²) in [4.78, 5) is 41.0. The Morgan fingerprint density at radius 3 is 2.26 bits per heavy atom. The molecule has 2 aromatic carbocycles. The molecule has 1 aliphatic heterocycles. The lowest BCUT2D eigenvalue weighted by Crippen LogP contribution is -2.56. The Bertz CT molecular complexity index is 1290. The summed E-state index contributed by atoms with van der Waals surface area (Å²) in [7, 11) is 0. The van der Waals surface area contributed by atoms with Crippen molar-refractivity contribution < 1.29 is 27.8 Å². The molecule has 1 saturated heterocycles. The number of benzene rings is 2. The van der Waals surface area contributed by atoms with Gasteiger partial charge in [0.15, 0.2) is 5.72 Å². The summed E-state index contributed by atoms with van der Waals surface area (Å²) >= 11 is 1.74. The fourth-order valence-corrected chi connectivity index (χ4v) is 4.09. The highest BCUT2D eigenvalue weighted by atomic mass is 127. The number of anilines is 1. The molecule has 2 heterocycles. The lowest BCUT2D eigenvalue weighted by molar-refractivity contribution is -0.143. The first-order valence-corrected chi connectivity index (χ1v) is 11.8. The summed E-state index contributed by atoms with van der Waals surface area (Å²) in [6, 6.07) is 16.9. The molecule has 3 N–H and O–H groups in total. The molecule has 9 nitrogen and oxygen atoms in total. The topological polar surface area (TPSA) is 126 Å². The van der Waals surface area contributed by atoms with E-state index in [1.165, 1.54) is 18.2 Å². The van der Waals surface area contributed by atoms with Crippen molar-refractivity contribution in [3.05, 3.63) is 94.5 Å². The molecule has 1 fully saturated rings. The second-order valence-electron chi connectivity index (χ2n) is 7.71. The van der Waals surface area contributed by atoms with Crippen molar-refractivity contribution in [1.82, 2.24) is 9.55 Å². The lowest BCUT2D eigenvalue weighted by atomic mass is 10.1. The van der Waals surface area contributed by atoms with Crippen LogP contribution >= 0.6 is 22.6 Å². The SMILES string of the molecule is N[C@]1(CI)O[C@@H](n2ccc(NC(=O)c3ccccc3)nc2=O)C(F)(F)[C@@H]1OC(=O)c1ccccc1. The number of amides is 1. The molecule has 0 bridgehead atoms. The molecule has 0 aliphatic carbocycles. The maximum atomic E-state index is 15.5. The molecule has 182 valence electrons. The number of hydrogen-bond acceptors (Lipinski definition) is 7. The van der Waals surface area contributed by atoms with Gasteiger partial charge >= 0.3 is 17.6 Å². The van der Waals surface area contributed by atoms with Gasteiger partial charge in [-0.1, -0.05) is 59.0 Å². The van der Waals surface area contributed by atoms with Gasteiger partial charge in [-0.2, -0.15) is 13.8 Å². The summed E-state index contributed by atoms with van der Waals surface area (Å²) in [5, 5.41) is 2.43. The number of esters is 1. The van der Waals surface area contributed by atoms with Crippen molar-refractivity contribution >= 4 is 40.3 Å². The molecule has 0 radical (unpaired) electrons. The van der Waals surface area contributed by atoms with Gasteiger partial charge in [-0.3, -0.25) is 15.1 Å². The zero-order valence-electron chi connectivity index (χ0n) is 17.9. The highest BCUT2D eigenvalue weighted by Gasteiger charge is 2.68. The zero-order valence-corrected chi connectivity index (χ0v) is 20.1. The summed E-state index contributed by atoms with van der Waals surface area (Å²) in [6.45, 7) is 0. The van der Waals surface area contributed by atoms with E-state index in [0.29, 0.717) is 10.1 Å². The Morgan fingerprint density at radius 1 is 1.09 bits per heavy atom. The molecule has 1 amide bonds. The number of hydrogen-bond donors (Lipinski definition) is 2. The summed E-state index contributed by atoms with van der Waals surface area (Å²) < 4.78 is 41.8. The van der Waals surface area contributed by atoms with Crippen LogP contribution in [0.2, 0.25) is 0 Å². The van der Waals surface area contributed by atoms with Crippen molar-refractivity contribution in [2.75, 3.05) is 9.74 Å². The van der Waals surface area contributed by atoms with Crippen LogP contribution in [0.4, 0.5) is 14.6 Å². The fourth-order valence-electron chi connectivity index (χ4n) is 3.51. The van der Waals surface area contributed by atoms with Crippen LogP contribution in [0, 0.1) is 0 Å². The smallest absolute Gasteiger partial charge is 0.351 e. The third kappa shape index (κ3) is 4.94. The molecule has 1 aromatic heterocycles. The minimum absolute atomic E-state index is 0.0555. The Morgan fingerprint density at radius 2 is 1.69 bits per heavy atom.